The molecule has 2 heterocycles. The number of carbonyl (C=O) groups excluding carboxylic acids is 2. The number of hydrogen-bond donors (Lipinski definition) is 3. The van der Waals surface area contributed by atoms with Gasteiger partial charge >= 0.3 is 0 Å². The lowest BCUT2D eigenvalue weighted by Gasteiger charge is -2.34. The maximum atomic E-state index is 12.6. The lowest BCUT2D eigenvalue weighted by molar-refractivity contribution is -0.134. The summed E-state index contributed by atoms with van der Waals surface area (Å²) in [7, 11) is 0. The van der Waals surface area contributed by atoms with E-state index in [2.05, 4.69) is 44.8 Å². The number of fused-ring (bicyclic) bond motifs is 1. The first-order valence-corrected chi connectivity index (χ1v) is 11.0. The molecule has 3 N–H and O–H groups in total. The molecule has 0 radical (unpaired) electrons. The van der Waals surface area contributed by atoms with E-state index in [9.17, 15) is 9.59 Å². The fraction of sp³-hybridized carbons (Fsp3) is 0.360. The van der Waals surface area contributed by atoms with Gasteiger partial charge in [0.15, 0.2) is 0 Å². The second kappa shape index (κ2) is 9.79. The third-order valence-electron chi connectivity index (χ3n) is 5.88. The van der Waals surface area contributed by atoms with Crippen molar-refractivity contribution in [3.05, 3.63) is 71.4 Å². The number of nitrogens with one attached hydrogen (secondary N) is 3. The highest BCUT2D eigenvalue weighted by Gasteiger charge is 2.31. The molecule has 1 aromatic heterocycles. The van der Waals surface area contributed by atoms with E-state index in [4.69, 9.17) is 0 Å². The Morgan fingerprint density at radius 3 is 2.81 bits per heavy atom. The fourth-order valence-corrected chi connectivity index (χ4v) is 4.27. The van der Waals surface area contributed by atoms with Gasteiger partial charge in [-0.1, -0.05) is 36.4 Å². The lowest BCUT2D eigenvalue weighted by Crippen LogP contribution is -2.56. The Morgan fingerprint density at radius 1 is 1.13 bits per heavy atom. The maximum Gasteiger partial charge on any atom is 0.237 e. The number of carbonyl (C=O) groups is 2. The van der Waals surface area contributed by atoms with Gasteiger partial charge in [-0.15, -0.1) is 0 Å². The van der Waals surface area contributed by atoms with Gasteiger partial charge < -0.3 is 15.6 Å². The van der Waals surface area contributed by atoms with Crippen LogP contribution in [0.4, 0.5) is 0 Å². The molecule has 1 aliphatic heterocycles. The Hall–Kier alpha value is -3.12. The second-order valence-corrected chi connectivity index (χ2v) is 8.29. The van der Waals surface area contributed by atoms with Crippen molar-refractivity contribution in [1.29, 1.82) is 0 Å². The molecule has 6 nitrogen and oxygen atoms in total. The molecule has 4 rings (SSSR count). The molecule has 1 saturated heterocycles. The van der Waals surface area contributed by atoms with Crippen molar-refractivity contribution in [3.63, 3.8) is 0 Å². The molecule has 0 aliphatic carbocycles. The van der Waals surface area contributed by atoms with E-state index in [1.54, 1.807) is 0 Å². The normalized spacial score (nSPS) is 16.9. The number of aryl methyl sites for hydroxylation is 2. The highest BCUT2D eigenvalue weighted by Crippen LogP contribution is 2.17. The lowest BCUT2D eigenvalue weighted by atomic mass is 10.1. The van der Waals surface area contributed by atoms with E-state index in [1.165, 1.54) is 5.56 Å². The molecule has 0 saturated carbocycles. The maximum absolute atomic E-state index is 12.6. The van der Waals surface area contributed by atoms with E-state index in [0.29, 0.717) is 13.1 Å². The average molecular weight is 419 g/mol. The van der Waals surface area contributed by atoms with Gasteiger partial charge in [-0.05, 0) is 61.0 Å². The van der Waals surface area contributed by atoms with Crippen LogP contribution in [0.25, 0.3) is 10.9 Å². The molecule has 2 aromatic carbocycles. The van der Waals surface area contributed by atoms with Crippen molar-refractivity contribution in [1.82, 2.24) is 20.5 Å². The predicted octanol–water partition coefficient (Wildman–Crippen LogP) is 2.92. The minimum absolute atomic E-state index is 0.0506. The number of aromatic nitrogens is 1. The van der Waals surface area contributed by atoms with E-state index >= 15 is 0 Å². The standard InChI is InChI=1S/C25H30N4O2/c1-18-14-21-15-20(9-10-22(21)28-18)17-27-24(30)16-23-25(31)26-11-13-29(23)12-5-8-19-6-3-2-4-7-19/h2-4,6-7,9-10,14-15,23,28H,5,8,11-13,16-17H2,1H3,(H,26,31)(H,27,30). The Kier molecular flexibility index (Phi) is 6.67. The highest BCUT2D eigenvalue weighted by atomic mass is 16.2. The fourth-order valence-electron chi connectivity index (χ4n) is 4.27. The molecule has 0 bridgehead atoms. The van der Waals surface area contributed by atoms with Crippen molar-refractivity contribution in [2.24, 2.45) is 0 Å². The van der Waals surface area contributed by atoms with Gasteiger partial charge in [0.2, 0.25) is 11.8 Å². The molecular weight excluding hydrogens is 388 g/mol. The zero-order chi connectivity index (χ0) is 21.6. The van der Waals surface area contributed by atoms with Crippen LogP contribution in [0.5, 0.6) is 0 Å². The first kappa shape index (κ1) is 21.1. The molecule has 1 atom stereocenters. The number of piperazine rings is 1. The zero-order valence-electron chi connectivity index (χ0n) is 18.0. The van der Waals surface area contributed by atoms with Crippen molar-refractivity contribution in [2.75, 3.05) is 19.6 Å². The Labute approximate surface area is 183 Å². The summed E-state index contributed by atoms with van der Waals surface area (Å²) in [5.74, 6) is -0.147. The summed E-state index contributed by atoms with van der Waals surface area (Å²) in [4.78, 5) is 30.5. The summed E-state index contributed by atoms with van der Waals surface area (Å²) in [5, 5.41) is 7.03. The minimum atomic E-state index is -0.403. The van der Waals surface area contributed by atoms with Crippen LogP contribution in [-0.4, -0.2) is 47.4 Å². The number of rotatable bonds is 8. The summed E-state index contributed by atoms with van der Waals surface area (Å²) < 4.78 is 0. The molecule has 162 valence electrons. The van der Waals surface area contributed by atoms with Crippen molar-refractivity contribution in [3.8, 4) is 0 Å². The summed E-state index contributed by atoms with van der Waals surface area (Å²) in [5.41, 5.74) is 4.56. The van der Waals surface area contributed by atoms with E-state index < -0.39 is 6.04 Å². The Bertz CT molecular complexity index is 1040. The van der Waals surface area contributed by atoms with E-state index in [0.717, 1.165) is 48.1 Å². The van der Waals surface area contributed by atoms with Crippen LogP contribution >= 0.6 is 0 Å². The summed E-state index contributed by atoms with van der Waals surface area (Å²) in [6.45, 7) is 4.72. The van der Waals surface area contributed by atoms with E-state index in [1.807, 2.05) is 37.3 Å². The summed E-state index contributed by atoms with van der Waals surface area (Å²) in [6.07, 6.45) is 2.12. The largest absolute Gasteiger partial charge is 0.359 e. The average Bonchev–Trinajstić information content (AvgIpc) is 3.14. The topological polar surface area (TPSA) is 77.2 Å². The summed E-state index contributed by atoms with van der Waals surface area (Å²) in [6, 6.07) is 18.2. The highest BCUT2D eigenvalue weighted by molar-refractivity contribution is 5.89. The van der Waals surface area contributed by atoms with Crippen LogP contribution in [0.2, 0.25) is 0 Å². The van der Waals surface area contributed by atoms with Crippen LogP contribution in [0.15, 0.2) is 54.6 Å². The van der Waals surface area contributed by atoms with Crippen molar-refractivity contribution in [2.45, 2.75) is 38.8 Å². The van der Waals surface area contributed by atoms with Gasteiger partial charge in [-0.3, -0.25) is 14.5 Å². The van der Waals surface area contributed by atoms with Gasteiger partial charge in [0.05, 0.1) is 12.5 Å². The number of aromatic amines is 1. The number of hydrogen-bond acceptors (Lipinski definition) is 3. The van der Waals surface area contributed by atoms with Crippen LogP contribution in [0.3, 0.4) is 0 Å². The minimum Gasteiger partial charge on any atom is -0.359 e. The molecule has 0 spiro atoms. The van der Waals surface area contributed by atoms with Gasteiger partial charge in [-0.25, -0.2) is 0 Å². The van der Waals surface area contributed by atoms with Crippen LogP contribution in [-0.2, 0) is 22.6 Å². The molecule has 1 fully saturated rings. The number of benzene rings is 2. The molecule has 2 amide bonds. The van der Waals surface area contributed by atoms with Crippen molar-refractivity contribution >= 4 is 22.7 Å². The van der Waals surface area contributed by atoms with Gasteiger partial charge in [-0.2, -0.15) is 0 Å². The molecule has 1 unspecified atom stereocenters. The smallest absolute Gasteiger partial charge is 0.237 e. The van der Waals surface area contributed by atoms with Gasteiger partial charge in [0.1, 0.15) is 0 Å². The third kappa shape index (κ3) is 5.52. The Morgan fingerprint density at radius 2 is 1.97 bits per heavy atom. The SMILES string of the molecule is Cc1cc2cc(CNC(=O)CC3C(=O)NCCN3CCCc3ccccc3)ccc2[nH]1. The number of nitrogens with zero attached hydrogens (tertiary/aromatic N) is 1. The van der Waals surface area contributed by atoms with Crippen molar-refractivity contribution < 1.29 is 9.59 Å². The number of amides is 2. The van der Waals surface area contributed by atoms with Crippen LogP contribution < -0.4 is 10.6 Å². The van der Waals surface area contributed by atoms with E-state index in [-0.39, 0.29) is 18.2 Å². The van der Waals surface area contributed by atoms with Gasteiger partial charge in [0.25, 0.3) is 0 Å². The molecular formula is C25H30N4O2. The predicted molar refractivity (Wildman–Crippen MR) is 123 cm³/mol. The van der Waals surface area contributed by atoms with Gasteiger partial charge in [0, 0.05) is 30.8 Å². The molecule has 1 aliphatic rings. The first-order chi connectivity index (χ1) is 15.1. The Balaban J connectivity index is 1.30. The van der Waals surface area contributed by atoms with Crippen LogP contribution in [0, 0.1) is 6.92 Å². The molecule has 31 heavy (non-hydrogen) atoms. The first-order valence-electron chi connectivity index (χ1n) is 11.0. The monoisotopic (exact) mass is 418 g/mol. The molecule has 6 heteroatoms. The third-order valence-corrected chi connectivity index (χ3v) is 5.88. The quantitative estimate of drug-likeness (QED) is 0.526. The molecule has 3 aromatic rings. The van der Waals surface area contributed by atoms with Crippen LogP contribution in [0.1, 0.15) is 29.7 Å². The zero-order valence-corrected chi connectivity index (χ0v) is 18.0. The summed E-state index contributed by atoms with van der Waals surface area (Å²) >= 11 is 0. The number of H-pyrrole nitrogens is 1. The second-order valence-electron chi connectivity index (χ2n) is 8.29.